The summed E-state index contributed by atoms with van der Waals surface area (Å²) in [4.78, 5) is 11.5. The molecule has 1 aliphatic rings. The zero-order valence-electron chi connectivity index (χ0n) is 7.96. The van der Waals surface area contributed by atoms with Crippen molar-refractivity contribution in [2.45, 2.75) is 12.8 Å². The van der Waals surface area contributed by atoms with Crippen molar-refractivity contribution < 1.29 is 9.18 Å². The average molecular weight is 193 g/mol. The molecule has 1 saturated heterocycles. The SMILES string of the molecule is CC1CNC(=O)C1c1ccccc1F. The Bertz CT molecular complexity index is 364. The van der Waals surface area contributed by atoms with E-state index in [4.69, 9.17) is 0 Å². The van der Waals surface area contributed by atoms with Crippen molar-refractivity contribution in [3.05, 3.63) is 35.6 Å². The normalized spacial score (nSPS) is 26.3. The monoisotopic (exact) mass is 193 g/mol. The molecule has 1 N–H and O–H groups in total. The highest BCUT2D eigenvalue weighted by Gasteiger charge is 2.34. The minimum absolute atomic E-state index is 0.0670. The molecule has 0 bridgehead atoms. The van der Waals surface area contributed by atoms with E-state index in [1.165, 1.54) is 6.07 Å². The first-order valence-corrected chi connectivity index (χ1v) is 4.72. The van der Waals surface area contributed by atoms with Crippen molar-refractivity contribution in [2.75, 3.05) is 6.54 Å². The summed E-state index contributed by atoms with van der Waals surface area (Å²) in [6.07, 6.45) is 0. The maximum Gasteiger partial charge on any atom is 0.228 e. The third-order valence-corrected chi connectivity index (χ3v) is 2.69. The third-order valence-electron chi connectivity index (χ3n) is 2.69. The standard InChI is InChI=1S/C11H12FNO/c1-7-6-13-11(14)10(7)8-4-2-3-5-9(8)12/h2-5,7,10H,6H2,1H3,(H,13,14). The van der Waals surface area contributed by atoms with Gasteiger partial charge in [-0.25, -0.2) is 4.39 Å². The second-order valence-corrected chi connectivity index (χ2v) is 3.72. The van der Waals surface area contributed by atoms with E-state index in [0.717, 1.165) is 0 Å². The van der Waals surface area contributed by atoms with Crippen molar-refractivity contribution in [1.29, 1.82) is 0 Å². The van der Waals surface area contributed by atoms with Gasteiger partial charge in [-0.2, -0.15) is 0 Å². The van der Waals surface area contributed by atoms with Crippen molar-refractivity contribution in [3.8, 4) is 0 Å². The number of carbonyl (C=O) groups is 1. The van der Waals surface area contributed by atoms with Gasteiger partial charge in [-0.05, 0) is 12.0 Å². The van der Waals surface area contributed by atoms with E-state index in [1.54, 1.807) is 18.2 Å². The number of hydrogen-bond acceptors (Lipinski definition) is 1. The Kier molecular flexibility index (Phi) is 2.23. The molecule has 0 aliphatic carbocycles. The fourth-order valence-electron chi connectivity index (χ4n) is 1.92. The van der Waals surface area contributed by atoms with Crippen LogP contribution in [0.5, 0.6) is 0 Å². The lowest BCUT2D eigenvalue weighted by Gasteiger charge is -2.12. The maximum atomic E-state index is 13.4. The van der Waals surface area contributed by atoms with Crippen LogP contribution in [0.25, 0.3) is 0 Å². The molecule has 14 heavy (non-hydrogen) atoms. The minimum atomic E-state index is -0.323. The van der Waals surface area contributed by atoms with Crippen molar-refractivity contribution in [1.82, 2.24) is 5.32 Å². The fourth-order valence-corrected chi connectivity index (χ4v) is 1.92. The highest BCUT2D eigenvalue weighted by molar-refractivity contribution is 5.86. The van der Waals surface area contributed by atoms with E-state index in [9.17, 15) is 9.18 Å². The van der Waals surface area contributed by atoms with Gasteiger partial charge in [0, 0.05) is 12.1 Å². The van der Waals surface area contributed by atoms with Gasteiger partial charge in [0.15, 0.2) is 0 Å². The number of nitrogens with one attached hydrogen (secondary N) is 1. The van der Waals surface area contributed by atoms with Crippen LogP contribution in [-0.4, -0.2) is 12.5 Å². The molecular weight excluding hydrogens is 181 g/mol. The van der Waals surface area contributed by atoms with Crippen LogP contribution >= 0.6 is 0 Å². The smallest absolute Gasteiger partial charge is 0.228 e. The van der Waals surface area contributed by atoms with Gasteiger partial charge in [0.1, 0.15) is 5.82 Å². The molecule has 1 amide bonds. The van der Waals surface area contributed by atoms with Gasteiger partial charge in [-0.1, -0.05) is 25.1 Å². The molecule has 0 radical (unpaired) electrons. The predicted molar refractivity (Wildman–Crippen MR) is 51.3 cm³/mol. The van der Waals surface area contributed by atoms with Crippen LogP contribution < -0.4 is 5.32 Å². The van der Waals surface area contributed by atoms with E-state index in [-0.39, 0.29) is 23.6 Å². The Labute approximate surface area is 82.1 Å². The number of benzene rings is 1. The molecule has 2 rings (SSSR count). The molecule has 2 atom stereocenters. The lowest BCUT2D eigenvalue weighted by Crippen LogP contribution is -2.18. The Balaban J connectivity index is 2.39. The minimum Gasteiger partial charge on any atom is -0.355 e. The fraction of sp³-hybridized carbons (Fsp3) is 0.364. The molecule has 0 aromatic heterocycles. The summed E-state index contributed by atoms with van der Waals surface area (Å²) in [5.41, 5.74) is 0.509. The molecule has 0 spiro atoms. The molecule has 1 aromatic rings. The summed E-state index contributed by atoms with van der Waals surface area (Å²) in [5.74, 6) is -0.514. The average Bonchev–Trinajstić information content (AvgIpc) is 2.48. The highest BCUT2D eigenvalue weighted by Crippen LogP contribution is 2.30. The summed E-state index contributed by atoms with van der Waals surface area (Å²) >= 11 is 0. The van der Waals surface area contributed by atoms with Gasteiger partial charge in [0.05, 0.1) is 5.92 Å². The maximum absolute atomic E-state index is 13.4. The molecule has 74 valence electrons. The Morgan fingerprint density at radius 3 is 2.71 bits per heavy atom. The van der Waals surface area contributed by atoms with Crippen molar-refractivity contribution in [2.24, 2.45) is 5.92 Å². The Morgan fingerprint density at radius 2 is 2.14 bits per heavy atom. The van der Waals surface area contributed by atoms with E-state index < -0.39 is 0 Å². The van der Waals surface area contributed by atoms with Gasteiger partial charge in [-0.15, -0.1) is 0 Å². The second kappa shape index (κ2) is 3.40. The predicted octanol–water partition coefficient (Wildman–Crippen LogP) is 1.68. The number of hydrogen-bond donors (Lipinski definition) is 1. The lowest BCUT2D eigenvalue weighted by molar-refractivity contribution is -0.120. The van der Waals surface area contributed by atoms with Crippen LogP contribution in [0.1, 0.15) is 18.4 Å². The van der Waals surface area contributed by atoms with Crippen LogP contribution in [0.2, 0.25) is 0 Å². The molecule has 1 aliphatic heterocycles. The Morgan fingerprint density at radius 1 is 1.43 bits per heavy atom. The van der Waals surface area contributed by atoms with E-state index in [2.05, 4.69) is 5.32 Å². The summed E-state index contributed by atoms with van der Waals surface area (Å²) in [6.45, 7) is 2.59. The number of halogens is 1. The largest absolute Gasteiger partial charge is 0.355 e. The molecule has 1 heterocycles. The van der Waals surface area contributed by atoms with Gasteiger partial charge >= 0.3 is 0 Å². The van der Waals surface area contributed by atoms with Crippen molar-refractivity contribution >= 4 is 5.91 Å². The van der Waals surface area contributed by atoms with E-state index in [0.29, 0.717) is 12.1 Å². The first-order valence-electron chi connectivity index (χ1n) is 4.72. The zero-order chi connectivity index (χ0) is 10.1. The van der Waals surface area contributed by atoms with E-state index >= 15 is 0 Å². The van der Waals surface area contributed by atoms with Gasteiger partial charge in [0.25, 0.3) is 0 Å². The molecule has 3 heteroatoms. The van der Waals surface area contributed by atoms with Crippen LogP contribution in [0.3, 0.4) is 0 Å². The molecule has 1 aromatic carbocycles. The number of amides is 1. The third kappa shape index (κ3) is 1.39. The molecular formula is C11H12FNO. The van der Waals surface area contributed by atoms with Gasteiger partial charge in [-0.3, -0.25) is 4.79 Å². The van der Waals surface area contributed by atoms with Crippen molar-refractivity contribution in [3.63, 3.8) is 0 Å². The quantitative estimate of drug-likeness (QED) is 0.722. The Hall–Kier alpha value is -1.38. The van der Waals surface area contributed by atoms with Crippen LogP contribution in [0.4, 0.5) is 4.39 Å². The zero-order valence-corrected chi connectivity index (χ0v) is 7.96. The molecule has 2 nitrogen and oxygen atoms in total. The highest BCUT2D eigenvalue weighted by atomic mass is 19.1. The van der Waals surface area contributed by atoms with E-state index in [1.807, 2.05) is 6.92 Å². The molecule has 2 unspecified atom stereocenters. The summed E-state index contributed by atoms with van der Waals surface area (Å²) in [6, 6.07) is 6.47. The van der Waals surface area contributed by atoms with Crippen LogP contribution in [-0.2, 0) is 4.79 Å². The molecule has 1 fully saturated rings. The first kappa shape index (κ1) is 9.19. The summed E-state index contributed by atoms with van der Waals surface area (Å²) in [5, 5.41) is 2.74. The number of carbonyl (C=O) groups excluding carboxylic acids is 1. The summed E-state index contributed by atoms with van der Waals surface area (Å²) in [7, 11) is 0. The second-order valence-electron chi connectivity index (χ2n) is 3.72. The van der Waals surface area contributed by atoms with Gasteiger partial charge in [0.2, 0.25) is 5.91 Å². The number of rotatable bonds is 1. The molecule has 0 saturated carbocycles. The van der Waals surface area contributed by atoms with Gasteiger partial charge < -0.3 is 5.32 Å². The summed E-state index contributed by atoms with van der Waals surface area (Å²) < 4.78 is 13.4. The topological polar surface area (TPSA) is 29.1 Å². The van der Waals surface area contributed by atoms with Crippen LogP contribution in [0, 0.1) is 11.7 Å². The lowest BCUT2D eigenvalue weighted by atomic mass is 9.89. The first-order chi connectivity index (χ1) is 6.70. The van der Waals surface area contributed by atoms with Crippen LogP contribution in [0.15, 0.2) is 24.3 Å².